The lowest BCUT2D eigenvalue weighted by Gasteiger charge is -2.25. The number of aliphatic imine (C=N–C) groups is 1. The number of nitrogens with one attached hydrogen (secondary N) is 2. The molecular weight excluding hydrogens is 439 g/mol. The Bertz CT molecular complexity index is 503. The van der Waals surface area contributed by atoms with Gasteiger partial charge < -0.3 is 10.6 Å². The summed E-state index contributed by atoms with van der Waals surface area (Å²) < 4.78 is 25.1. The summed E-state index contributed by atoms with van der Waals surface area (Å²) in [6.45, 7) is 10.1. The molecule has 0 aromatic heterocycles. The van der Waals surface area contributed by atoms with Gasteiger partial charge in [-0.1, -0.05) is 20.8 Å². The van der Waals surface area contributed by atoms with Crippen LogP contribution in [0, 0.1) is 5.41 Å². The van der Waals surface area contributed by atoms with Gasteiger partial charge in [0.1, 0.15) is 0 Å². The van der Waals surface area contributed by atoms with E-state index in [2.05, 4.69) is 43.3 Å². The maximum absolute atomic E-state index is 11.8. The third-order valence-corrected chi connectivity index (χ3v) is 5.52. The van der Waals surface area contributed by atoms with Gasteiger partial charge in [0.25, 0.3) is 0 Å². The van der Waals surface area contributed by atoms with E-state index in [-0.39, 0.29) is 30.0 Å². The highest BCUT2D eigenvalue weighted by molar-refractivity contribution is 14.0. The topological polar surface area (TPSA) is 73.8 Å². The predicted molar refractivity (Wildman–Crippen MR) is 113 cm³/mol. The zero-order valence-corrected chi connectivity index (χ0v) is 19.1. The van der Waals surface area contributed by atoms with Crippen LogP contribution in [0.3, 0.4) is 0 Å². The van der Waals surface area contributed by atoms with Gasteiger partial charge in [-0.2, -0.15) is 4.31 Å². The van der Waals surface area contributed by atoms with E-state index in [0.29, 0.717) is 24.5 Å². The van der Waals surface area contributed by atoms with Crippen molar-refractivity contribution < 1.29 is 8.42 Å². The normalized spacial score (nSPS) is 21.2. The molecule has 1 saturated heterocycles. The van der Waals surface area contributed by atoms with Crippen molar-refractivity contribution in [2.24, 2.45) is 10.4 Å². The molecule has 144 valence electrons. The van der Waals surface area contributed by atoms with E-state index in [4.69, 9.17) is 0 Å². The molecule has 0 bridgehead atoms. The first-order valence-corrected chi connectivity index (χ1v) is 10.3. The second kappa shape index (κ2) is 10.2. The van der Waals surface area contributed by atoms with E-state index >= 15 is 0 Å². The van der Waals surface area contributed by atoms with Crippen LogP contribution in [0.5, 0.6) is 0 Å². The Balaban J connectivity index is 0.00000529. The van der Waals surface area contributed by atoms with Crippen molar-refractivity contribution in [2.45, 2.75) is 65.5 Å². The fourth-order valence-corrected chi connectivity index (χ4v) is 4.00. The Morgan fingerprint density at radius 1 is 1.38 bits per heavy atom. The third-order valence-electron chi connectivity index (χ3n) is 4.19. The Morgan fingerprint density at radius 3 is 2.50 bits per heavy atom. The second-order valence-corrected chi connectivity index (χ2v) is 9.70. The van der Waals surface area contributed by atoms with Crippen molar-refractivity contribution in [3.05, 3.63) is 0 Å². The van der Waals surface area contributed by atoms with Crippen molar-refractivity contribution in [3.63, 3.8) is 0 Å². The van der Waals surface area contributed by atoms with Crippen molar-refractivity contribution in [2.75, 3.05) is 26.4 Å². The molecule has 0 aromatic carbocycles. The Hall–Kier alpha value is -0.0900. The molecule has 0 spiro atoms. The number of halogens is 1. The third kappa shape index (κ3) is 8.84. The van der Waals surface area contributed by atoms with Gasteiger partial charge in [-0.25, -0.2) is 8.42 Å². The Labute approximate surface area is 165 Å². The summed E-state index contributed by atoms with van der Waals surface area (Å²) in [6, 6.07) is 0.350. The monoisotopic (exact) mass is 474 g/mol. The van der Waals surface area contributed by atoms with Crippen molar-refractivity contribution >= 4 is 40.0 Å². The summed E-state index contributed by atoms with van der Waals surface area (Å²) in [4.78, 5) is 4.25. The smallest absolute Gasteiger partial charge is 0.211 e. The lowest BCUT2D eigenvalue weighted by molar-refractivity contribution is 0.345. The van der Waals surface area contributed by atoms with E-state index in [1.807, 2.05) is 0 Å². The van der Waals surface area contributed by atoms with E-state index in [9.17, 15) is 8.42 Å². The zero-order valence-electron chi connectivity index (χ0n) is 15.9. The van der Waals surface area contributed by atoms with E-state index in [1.54, 1.807) is 11.4 Å². The minimum atomic E-state index is -3.12. The minimum absolute atomic E-state index is 0. The summed E-state index contributed by atoms with van der Waals surface area (Å²) in [7, 11) is -1.38. The average Bonchev–Trinajstić information content (AvgIpc) is 2.88. The van der Waals surface area contributed by atoms with Crippen molar-refractivity contribution in [1.82, 2.24) is 14.9 Å². The van der Waals surface area contributed by atoms with Crippen LogP contribution in [0.2, 0.25) is 0 Å². The Morgan fingerprint density at radius 2 is 2.00 bits per heavy atom. The molecule has 1 rings (SSSR count). The average molecular weight is 474 g/mol. The van der Waals surface area contributed by atoms with Gasteiger partial charge in [0.2, 0.25) is 10.0 Å². The van der Waals surface area contributed by atoms with E-state index in [0.717, 1.165) is 31.6 Å². The van der Waals surface area contributed by atoms with Crippen LogP contribution < -0.4 is 10.6 Å². The Kier molecular flexibility index (Phi) is 10.1. The highest BCUT2D eigenvalue weighted by Crippen LogP contribution is 2.21. The lowest BCUT2D eigenvalue weighted by Crippen LogP contribution is -2.48. The molecule has 2 N–H and O–H groups in total. The first-order chi connectivity index (χ1) is 10.5. The molecule has 1 aliphatic rings. The second-order valence-electron chi connectivity index (χ2n) is 7.77. The fourth-order valence-electron chi connectivity index (χ4n) is 2.81. The highest BCUT2D eigenvalue weighted by Gasteiger charge is 2.31. The summed E-state index contributed by atoms with van der Waals surface area (Å²) in [5.74, 6) is 0.742. The van der Waals surface area contributed by atoms with Crippen molar-refractivity contribution in [1.29, 1.82) is 0 Å². The molecule has 0 radical (unpaired) electrons. The molecule has 8 heteroatoms. The zero-order chi connectivity index (χ0) is 17.7. The molecule has 0 amide bonds. The first-order valence-electron chi connectivity index (χ1n) is 8.47. The van der Waals surface area contributed by atoms with Gasteiger partial charge in [-0.05, 0) is 38.0 Å². The van der Waals surface area contributed by atoms with E-state index < -0.39 is 10.0 Å². The summed E-state index contributed by atoms with van der Waals surface area (Å²) in [5, 5.41) is 6.66. The number of nitrogens with zero attached hydrogens (tertiary/aromatic N) is 2. The van der Waals surface area contributed by atoms with Gasteiger partial charge >= 0.3 is 0 Å². The molecule has 1 aliphatic heterocycles. The molecule has 2 atom stereocenters. The van der Waals surface area contributed by atoms with E-state index in [1.165, 1.54) is 6.26 Å². The maximum Gasteiger partial charge on any atom is 0.211 e. The summed E-state index contributed by atoms with van der Waals surface area (Å²) in [6.07, 6.45) is 5.32. The fraction of sp³-hybridized carbons (Fsp3) is 0.938. The summed E-state index contributed by atoms with van der Waals surface area (Å²) >= 11 is 0. The largest absolute Gasteiger partial charge is 0.355 e. The van der Waals surface area contributed by atoms with Gasteiger partial charge in [0.15, 0.2) is 5.96 Å². The molecule has 0 saturated carbocycles. The lowest BCUT2D eigenvalue weighted by atomic mass is 9.89. The molecule has 1 heterocycles. The van der Waals surface area contributed by atoms with Crippen LogP contribution in [-0.4, -0.2) is 57.2 Å². The molecule has 24 heavy (non-hydrogen) atoms. The highest BCUT2D eigenvalue weighted by atomic mass is 127. The maximum atomic E-state index is 11.8. The number of rotatable bonds is 6. The van der Waals surface area contributed by atoms with Gasteiger partial charge in [-0.3, -0.25) is 4.99 Å². The molecule has 0 aliphatic carbocycles. The van der Waals surface area contributed by atoms with Crippen LogP contribution in [0.25, 0.3) is 0 Å². The molecule has 6 nitrogen and oxygen atoms in total. The number of hydrogen-bond acceptors (Lipinski definition) is 3. The number of guanidine groups is 1. The standard InChI is InChI=1S/C16H34N4O2S.HI/c1-13(9-10-16(2,3)4)19-15(17-5)18-12-14-8-7-11-20(14)23(6,21)22;/h13-14H,7-12H2,1-6H3,(H2,17,18,19);1H/t13?,14-;/m1./s1. The van der Waals surface area contributed by atoms with Crippen LogP contribution in [0.1, 0.15) is 53.4 Å². The molecule has 1 unspecified atom stereocenters. The SMILES string of the molecule is CN=C(NC[C@H]1CCCN1S(C)(=O)=O)NC(C)CCC(C)(C)C.I. The van der Waals surface area contributed by atoms with Gasteiger partial charge in [-0.15, -0.1) is 24.0 Å². The van der Waals surface area contributed by atoms with Crippen LogP contribution in [0.15, 0.2) is 4.99 Å². The predicted octanol–water partition coefficient (Wildman–Crippen LogP) is 2.41. The number of sulfonamides is 1. The first kappa shape index (κ1) is 23.9. The van der Waals surface area contributed by atoms with Crippen molar-refractivity contribution in [3.8, 4) is 0 Å². The number of hydrogen-bond donors (Lipinski definition) is 2. The van der Waals surface area contributed by atoms with Crippen LogP contribution in [0.4, 0.5) is 0 Å². The van der Waals surface area contributed by atoms with Crippen LogP contribution >= 0.6 is 24.0 Å². The van der Waals surface area contributed by atoms with Crippen LogP contribution in [-0.2, 0) is 10.0 Å². The quantitative estimate of drug-likeness (QED) is 0.352. The molecule has 0 aromatic rings. The minimum Gasteiger partial charge on any atom is -0.355 e. The van der Waals surface area contributed by atoms with Gasteiger partial charge in [0.05, 0.1) is 6.26 Å². The van der Waals surface area contributed by atoms with Gasteiger partial charge in [0, 0.05) is 32.2 Å². The molecular formula is C16H35IN4O2S. The molecule has 1 fully saturated rings. The summed E-state index contributed by atoms with van der Waals surface area (Å²) in [5.41, 5.74) is 0.326.